The highest BCUT2D eigenvalue weighted by atomic mass is 79.9. The maximum absolute atomic E-state index is 11.6. The molecule has 2 heterocycles. The molecule has 5 heteroatoms. The molecule has 0 atom stereocenters. The summed E-state index contributed by atoms with van der Waals surface area (Å²) in [5.41, 5.74) is 0. The molecule has 0 radical (unpaired) electrons. The van der Waals surface area contributed by atoms with Crippen molar-refractivity contribution < 1.29 is 4.79 Å². The summed E-state index contributed by atoms with van der Waals surface area (Å²) in [7, 11) is 0. The number of pyridine rings is 1. The average molecular weight is 311 g/mol. The summed E-state index contributed by atoms with van der Waals surface area (Å²) in [5.74, 6) is 0.581. The van der Waals surface area contributed by atoms with E-state index in [4.69, 9.17) is 0 Å². The molecule has 0 aliphatic heterocycles. The van der Waals surface area contributed by atoms with E-state index in [1.54, 1.807) is 23.6 Å². The van der Waals surface area contributed by atoms with Crippen LogP contribution in [0.1, 0.15) is 11.3 Å². The van der Waals surface area contributed by atoms with Crippen molar-refractivity contribution in [3.8, 4) is 0 Å². The van der Waals surface area contributed by atoms with Crippen LogP contribution in [0.5, 0.6) is 0 Å². The van der Waals surface area contributed by atoms with Crippen molar-refractivity contribution in [2.45, 2.75) is 12.8 Å². The number of anilines is 1. The van der Waals surface area contributed by atoms with E-state index >= 15 is 0 Å². The topological polar surface area (TPSA) is 42.0 Å². The lowest BCUT2D eigenvalue weighted by Gasteiger charge is -2.03. The van der Waals surface area contributed by atoms with Crippen LogP contribution in [0.4, 0.5) is 5.82 Å². The van der Waals surface area contributed by atoms with Crippen molar-refractivity contribution in [2.24, 2.45) is 0 Å². The van der Waals surface area contributed by atoms with E-state index in [-0.39, 0.29) is 5.91 Å². The number of aromatic nitrogens is 1. The van der Waals surface area contributed by atoms with E-state index < -0.39 is 0 Å². The molecular weight excluding hydrogens is 300 g/mol. The molecule has 0 fully saturated rings. The zero-order valence-electron chi connectivity index (χ0n) is 9.02. The lowest BCUT2D eigenvalue weighted by molar-refractivity contribution is -0.116. The van der Waals surface area contributed by atoms with Gasteiger partial charge in [0.2, 0.25) is 5.91 Å². The number of carbonyl (C=O) groups excluding carboxylic acids is 1. The molecule has 3 nitrogen and oxygen atoms in total. The minimum atomic E-state index is -0.00628. The van der Waals surface area contributed by atoms with Gasteiger partial charge in [-0.25, -0.2) is 4.98 Å². The molecule has 2 aromatic heterocycles. The van der Waals surface area contributed by atoms with Crippen molar-refractivity contribution in [3.63, 3.8) is 0 Å². The van der Waals surface area contributed by atoms with Crippen LogP contribution < -0.4 is 5.32 Å². The predicted octanol–water partition coefficient (Wildman–Crippen LogP) is 3.48. The van der Waals surface area contributed by atoms with E-state index in [1.807, 2.05) is 23.6 Å². The zero-order chi connectivity index (χ0) is 12.1. The number of amides is 1. The van der Waals surface area contributed by atoms with Crippen molar-refractivity contribution in [1.82, 2.24) is 4.98 Å². The fourth-order valence-electron chi connectivity index (χ4n) is 1.35. The van der Waals surface area contributed by atoms with Crippen LogP contribution in [0, 0.1) is 0 Å². The Labute approximate surface area is 112 Å². The number of hydrogen-bond donors (Lipinski definition) is 1. The first kappa shape index (κ1) is 12.3. The largest absolute Gasteiger partial charge is 0.311 e. The maximum Gasteiger partial charge on any atom is 0.225 e. The lowest BCUT2D eigenvalue weighted by Crippen LogP contribution is -2.12. The van der Waals surface area contributed by atoms with E-state index in [2.05, 4.69) is 26.2 Å². The highest BCUT2D eigenvalue weighted by Gasteiger charge is 2.04. The summed E-state index contributed by atoms with van der Waals surface area (Å²) in [6.45, 7) is 0. The number of halogens is 1. The Bertz CT molecular complexity index is 482. The Balaban J connectivity index is 1.83. The molecule has 0 aromatic carbocycles. The van der Waals surface area contributed by atoms with Gasteiger partial charge in [-0.15, -0.1) is 11.3 Å². The molecule has 0 unspecified atom stereocenters. The Morgan fingerprint density at radius 3 is 2.94 bits per heavy atom. The van der Waals surface area contributed by atoms with E-state index in [0.717, 1.165) is 10.9 Å². The molecule has 1 amide bonds. The van der Waals surface area contributed by atoms with E-state index in [9.17, 15) is 4.79 Å². The quantitative estimate of drug-likeness (QED) is 0.939. The van der Waals surface area contributed by atoms with Crippen LogP contribution >= 0.6 is 27.3 Å². The zero-order valence-corrected chi connectivity index (χ0v) is 11.4. The molecule has 0 saturated heterocycles. The van der Waals surface area contributed by atoms with Gasteiger partial charge in [0, 0.05) is 22.0 Å². The van der Waals surface area contributed by atoms with Crippen LogP contribution in [-0.4, -0.2) is 10.9 Å². The van der Waals surface area contributed by atoms with E-state index in [0.29, 0.717) is 12.2 Å². The molecule has 2 aromatic rings. The molecule has 0 saturated carbocycles. The number of thiophene rings is 1. The highest BCUT2D eigenvalue weighted by molar-refractivity contribution is 9.10. The van der Waals surface area contributed by atoms with Gasteiger partial charge in [-0.2, -0.15) is 0 Å². The van der Waals surface area contributed by atoms with Gasteiger partial charge < -0.3 is 5.32 Å². The van der Waals surface area contributed by atoms with Gasteiger partial charge in [0.25, 0.3) is 0 Å². The molecule has 88 valence electrons. The normalized spacial score (nSPS) is 10.2. The summed E-state index contributed by atoms with van der Waals surface area (Å²) >= 11 is 4.97. The fraction of sp³-hybridized carbons (Fsp3) is 0.167. The van der Waals surface area contributed by atoms with Crippen LogP contribution in [0.2, 0.25) is 0 Å². The minimum Gasteiger partial charge on any atom is -0.311 e. The highest BCUT2D eigenvalue weighted by Crippen LogP contribution is 2.13. The molecule has 17 heavy (non-hydrogen) atoms. The van der Waals surface area contributed by atoms with Crippen molar-refractivity contribution >= 4 is 39.0 Å². The molecule has 0 aliphatic rings. The Morgan fingerprint density at radius 1 is 1.41 bits per heavy atom. The molecule has 2 rings (SSSR count). The van der Waals surface area contributed by atoms with Gasteiger partial charge in [-0.1, -0.05) is 6.07 Å². The molecule has 0 bridgehead atoms. The second-order valence-corrected chi connectivity index (χ2v) is 5.44. The number of aryl methyl sites for hydroxylation is 1. The second-order valence-electron chi connectivity index (χ2n) is 3.49. The van der Waals surface area contributed by atoms with Gasteiger partial charge in [-0.3, -0.25) is 4.79 Å². The third-order valence-corrected chi connectivity index (χ3v) is 3.58. The molecule has 1 N–H and O–H groups in total. The number of nitrogens with zero attached hydrogens (tertiary/aromatic N) is 1. The van der Waals surface area contributed by atoms with Crippen LogP contribution in [-0.2, 0) is 11.2 Å². The van der Waals surface area contributed by atoms with Gasteiger partial charge in [0.1, 0.15) is 5.82 Å². The third kappa shape index (κ3) is 3.94. The first-order valence-electron chi connectivity index (χ1n) is 5.18. The molecule has 0 spiro atoms. The molecule has 0 aliphatic carbocycles. The van der Waals surface area contributed by atoms with Crippen LogP contribution in [0.15, 0.2) is 40.3 Å². The SMILES string of the molecule is O=C(CCc1cccs1)Nc1ccc(Br)cn1. The fourth-order valence-corrected chi connectivity index (χ4v) is 2.29. The van der Waals surface area contributed by atoms with Gasteiger partial charge in [-0.05, 0) is 45.9 Å². The van der Waals surface area contributed by atoms with Crippen molar-refractivity contribution in [1.29, 1.82) is 0 Å². The van der Waals surface area contributed by atoms with Crippen LogP contribution in [0.3, 0.4) is 0 Å². The monoisotopic (exact) mass is 310 g/mol. The number of rotatable bonds is 4. The van der Waals surface area contributed by atoms with Crippen LogP contribution in [0.25, 0.3) is 0 Å². The summed E-state index contributed by atoms with van der Waals surface area (Å²) in [5, 5.41) is 4.78. The summed E-state index contributed by atoms with van der Waals surface area (Å²) in [6.07, 6.45) is 2.92. The van der Waals surface area contributed by atoms with Crippen molar-refractivity contribution in [3.05, 3.63) is 45.2 Å². The standard InChI is InChI=1S/C12H11BrN2OS/c13-9-3-5-11(14-8-9)15-12(16)6-4-10-2-1-7-17-10/h1-3,5,7-8H,4,6H2,(H,14,15,16). The first-order valence-corrected chi connectivity index (χ1v) is 6.85. The number of carbonyl (C=O) groups is 1. The Hall–Kier alpha value is -1.20. The smallest absolute Gasteiger partial charge is 0.225 e. The summed E-state index contributed by atoms with van der Waals surface area (Å²) < 4.78 is 0.897. The summed E-state index contributed by atoms with van der Waals surface area (Å²) in [6, 6.07) is 7.65. The molecular formula is C12H11BrN2OS. The lowest BCUT2D eigenvalue weighted by atomic mass is 10.2. The Morgan fingerprint density at radius 2 is 2.29 bits per heavy atom. The van der Waals surface area contributed by atoms with Gasteiger partial charge in [0.05, 0.1) is 0 Å². The first-order chi connectivity index (χ1) is 8.24. The van der Waals surface area contributed by atoms with Crippen molar-refractivity contribution in [2.75, 3.05) is 5.32 Å². The number of hydrogen-bond acceptors (Lipinski definition) is 3. The number of nitrogens with one attached hydrogen (secondary N) is 1. The van der Waals surface area contributed by atoms with Gasteiger partial charge >= 0.3 is 0 Å². The minimum absolute atomic E-state index is 0.00628. The summed E-state index contributed by atoms with van der Waals surface area (Å²) in [4.78, 5) is 16.9. The Kier molecular flexibility index (Phi) is 4.28. The maximum atomic E-state index is 11.6. The average Bonchev–Trinajstić information content (AvgIpc) is 2.83. The predicted molar refractivity (Wildman–Crippen MR) is 73.2 cm³/mol. The second kappa shape index (κ2) is 5.93. The van der Waals surface area contributed by atoms with E-state index in [1.165, 1.54) is 4.88 Å². The van der Waals surface area contributed by atoms with Gasteiger partial charge in [0.15, 0.2) is 0 Å². The third-order valence-electron chi connectivity index (χ3n) is 2.17.